The van der Waals surface area contributed by atoms with Gasteiger partial charge in [0.1, 0.15) is 5.70 Å². The van der Waals surface area contributed by atoms with Crippen molar-refractivity contribution in [3.05, 3.63) is 23.4 Å². The van der Waals surface area contributed by atoms with Crippen molar-refractivity contribution in [3.63, 3.8) is 0 Å². The molecule has 2 rings (SSSR count). The van der Waals surface area contributed by atoms with E-state index in [9.17, 15) is 14.7 Å². The Morgan fingerprint density at radius 3 is 2.15 bits per heavy atom. The molecule has 2 N–H and O–H groups in total. The number of imide groups is 1. The van der Waals surface area contributed by atoms with E-state index in [0.29, 0.717) is 5.56 Å². The summed E-state index contributed by atoms with van der Waals surface area (Å²) in [6.45, 7) is 0. The van der Waals surface area contributed by atoms with Gasteiger partial charge in [0.05, 0.1) is 14.2 Å². The van der Waals surface area contributed by atoms with Crippen LogP contribution in [0.1, 0.15) is 5.56 Å². The first-order chi connectivity index (χ1) is 9.47. The number of hydrogen-bond acceptors (Lipinski definition) is 5. The van der Waals surface area contributed by atoms with Crippen LogP contribution in [0.15, 0.2) is 17.8 Å². The average Bonchev–Trinajstić information content (AvgIpc) is 2.67. The summed E-state index contributed by atoms with van der Waals surface area (Å²) in [5.74, 6) is -0.187. The Balaban J connectivity index is 2.48. The third-order valence-corrected chi connectivity index (χ3v) is 2.92. The topological polar surface area (TPSA) is 88.1 Å². The first kappa shape index (κ1) is 13.7. The lowest BCUT2D eigenvalue weighted by Gasteiger charge is -2.11. The van der Waals surface area contributed by atoms with Crippen LogP contribution in [0.25, 0.3) is 6.08 Å². The van der Waals surface area contributed by atoms with E-state index < -0.39 is 11.9 Å². The molecular weight excluding hydrogens is 264 g/mol. The van der Waals surface area contributed by atoms with Crippen LogP contribution in [0, 0.1) is 0 Å². The lowest BCUT2D eigenvalue weighted by molar-refractivity contribution is -0.115. The maximum Gasteiger partial charge on any atom is 0.328 e. The van der Waals surface area contributed by atoms with Gasteiger partial charge in [-0.25, -0.2) is 4.79 Å². The predicted octanol–water partition coefficient (Wildman–Crippen LogP) is 0.932. The fourth-order valence-corrected chi connectivity index (χ4v) is 1.82. The van der Waals surface area contributed by atoms with Crippen molar-refractivity contribution in [2.45, 2.75) is 0 Å². The Bertz CT molecular complexity index is 584. The number of phenols is 1. The highest BCUT2D eigenvalue weighted by atomic mass is 16.5. The van der Waals surface area contributed by atoms with Crippen LogP contribution in [0.5, 0.6) is 17.2 Å². The number of carbonyl (C=O) groups is 2. The SMILES string of the molecule is COc1cc(C=C2C(=O)NC(=O)N2C)cc(OC)c1O. The average molecular weight is 278 g/mol. The number of nitrogens with zero attached hydrogens (tertiary/aromatic N) is 1. The van der Waals surface area contributed by atoms with Gasteiger partial charge in [0.2, 0.25) is 5.75 Å². The Kier molecular flexibility index (Phi) is 3.51. The molecule has 1 heterocycles. The molecule has 1 aliphatic rings. The summed E-state index contributed by atoms with van der Waals surface area (Å²) >= 11 is 0. The number of nitrogens with one attached hydrogen (secondary N) is 1. The van der Waals surface area contributed by atoms with Crippen molar-refractivity contribution in [1.82, 2.24) is 10.2 Å². The molecule has 0 saturated carbocycles. The molecule has 0 unspecified atom stereocenters. The van der Waals surface area contributed by atoms with Crippen LogP contribution in [0.3, 0.4) is 0 Å². The number of ether oxygens (including phenoxy) is 2. The molecule has 7 heteroatoms. The highest BCUT2D eigenvalue weighted by Crippen LogP contribution is 2.37. The maximum atomic E-state index is 11.6. The van der Waals surface area contributed by atoms with E-state index in [4.69, 9.17) is 9.47 Å². The van der Waals surface area contributed by atoms with Crippen LogP contribution in [-0.4, -0.2) is 43.2 Å². The summed E-state index contributed by atoms with van der Waals surface area (Å²) in [4.78, 5) is 24.2. The number of hydrogen-bond donors (Lipinski definition) is 2. The molecule has 7 nitrogen and oxygen atoms in total. The van der Waals surface area contributed by atoms with Crippen LogP contribution < -0.4 is 14.8 Å². The van der Waals surface area contributed by atoms with E-state index in [1.807, 2.05) is 0 Å². The molecule has 3 amide bonds. The Labute approximate surface area is 115 Å². The van der Waals surface area contributed by atoms with E-state index in [0.717, 1.165) is 0 Å². The number of likely N-dealkylation sites (N-methyl/N-ethyl adjacent to an activating group) is 1. The number of phenolic OH excluding ortho intramolecular Hbond substituents is 1. The van der Waals surface area contributed by atoms with Crippen LogP contribution in [0.4, 0.5) is 4.79 Å². The van der Waals surface area contributed by atoms with Gasteiger partial charge in [-0.2, -0.15) is 0 Å². The summed E-state index contributed by atoms with van der Waals surface area (Å²) in [5.41, 5.74) is 0.757. The molecule has 20 heavy (non-hydrogen) atoms. The molecular formula is C13H14N2O5. The van der Waals surface area contributed by atoms with Gasteiger partial charge in [0.25, 0.3) is 5.91 Å². The Hall–Kier alpha value is -2.70. The van der Waals surface area contributed by atoms with Crippen LogP contribution in [-0.2, 0) is 4.79 Å². The second-order valence-corrected chi connectivity index (χ2v) is 4.12. The summed E-state index contributed by atoms with van der Waals surface area (Å²) in [6, 6.07) is 2.59. The molecule has 0 aromatic heterocycles. The maximum absolute atomic E-state index is 11.6. The zero-order valence-electron chi connectivity index (χ0n) is 11.3. The minimum atomic E-state index is -0.487. The second-order valence-electron chi connectivity index (χ2n) is 4.12. The Morgan fingerprint density at radius 2 is 1.75 bits per heavy atom. The first-order valence-corrected chi connectivity index (χ1v) is 5.73. The lowest BCUT2D eigenvalue weighted by Crippen LogP contribution is -2.24. The molecule has 0 aliphatic carbocycles. The summed E-state index contributed by atoms with van der Waals surface area (Å²) in [7, 11) is 4.30. The quantitative estimate of drug-likeness (QED) is 0.634. The van der Waals surface area contributed by atoms with Crippen molar-refractivity contribution < 1.29 is 24.2 Å². The fourth-order valence-electron chi connectivity index (χ4n) is 1.82. The molecule has 1 saturated heterocycles. The number of methoxy groups -OCH3 is 2. The monoisotopic (exact) mass is 278 g/mol. The van der Waals surface area contributed by atoms with Gasteiger partial charge in [-0.1, -0.05) is 0 Å². The molecule has 1 aromatic rings. The molecule has 0 atom stereocenters. The number of carbonyl (C=O) groups excluding carboxylic acids is 2. The van der Waals surface area contributed by atoms with Gasteiger partial charge in [0.15, 0.2) is 11.5 Å². The molecule has 1 aliphatic heterocycles. The summed E-state index contributed by atoms with van der Waals surface area (Å²) in [6.07, 6.45) is 1.50. The second kappa shape index (κ2) is 5.12. The minimum absolute atomic E-state index is 0.127. The van der Waals surface area contributed by atoms with Crippen molar-refractivity contribution in [2.75, 3.05) is 21.3 Å². The number of rotatable bonds is 3. The van der Waals surface area contributed by atoms with Gasteiger partial charge < -0.3 is 14.6 Å². The van der Waals surface area contributed by atoms with Gasteiger partial charge in [-0.3, -0.25) is 15.0 Å². The number of urea groups is 1. The smallest absolute Gasteiger partial charge is 0.328 e. The minimum Gasteiger partial charge on any atom is -0.502 e. The van der Waals surface area contributed by atoms with Crippen LogP contribution in [0.2, 0.25) is 0 Å². The highest BCUT2D eigenvalue weighted by molar-refractivity contribution is 6.13. The van der Waals surface area contributed by atoms with E-state index in [1.54, 1.807) is 0 Å². The van der Waals surface area contributed by atoms with Crippen molar-refractivity contribution in [3.8, 4) is 17.2 Å². The van der Waals surface area contributed by atoms with Crippen molar-refractivity contribution in [2.24, 2.45) is 0 Å². The van der Waals surface area contributed by atoms with Crippen LogP contribution >= 0.6 is 0 Å². The number of benzene rings is 1. The molecule has 0 bridgehead atoms. The van der Waals surface area contributed by atoms with Gasteiger partial charge >= 0.3 is 6.03 Å². The van der Waals surface area contributed by atoms with E-state index in [-0.39, 0.29) is 22.9 Å². The van der Waals surface area contributed by atoms with E-state index in [2.05, 4.69) is 5.32 Å². The fraction of sp³-hybridized carbons (Fsp3) is 0.231. The van der Waals surface area contributed by atoms with Crippen molar-refractivity contribution in [1.29, 1.82) is 0 Å². The third-order valence-electron chi connectivity index (χ3n) is 2.92. The third kappa shape index (κ3) is 2.25. The predicted molar refractivity (Wildman–Crippen MR) is 70.5 cm³/mol. The van der Waals surface area contributed by atoms with Gasteiger partial charge in [-0.05, 0) is 23.8 Å². The van der Waals surface area contributed by atoms with Gasteiger partial charge in [0, 0.05) is 7.05 Å². The van der Waals surface area contributed by atoms with Gasteiger partial charge in [-0.15, -0.1) is 0 Å². The standard InChI is InChI=1S/C13H14N2O5/c1-15-8(12(17)14-13(15)18)4-7-5-9(19-2)11(16)10(6-7)20-3/h4-6,16H,1-3H3,(H,14,17,18). The van der Waals surface area contributed by atoms with E-state index in [1.165, 1.54) is 44.4 Å². The zero-order valence-corrected chi connectivity index (χ0v) is 11.3. The zero-order chi connectivity index (χ0) is 14.9. The normalized spacial score (nSPS) is 16.6. The Morgan fingerprint density at radius 1 is 1.20 bits per heavy atom. The molecule has 0 radical (unpaired) electrons. The summed E-state index contributed by atoms with van der Waals surface area (Å²) < 4.78 is 10.1. The lowest BCUT2D eigenvalue weighted by atomic mass is 10.1. The molecule has 0 spiro atoms. The number of aromatic hydroxyl groups is 1. The molecule has 1 aromatic carbocycles. The van der Waals surface area contributed by atoms with E-state index >= 15 is 0 Å². The number of amides is 3. The highest BCUT2D eigenvalue weighted by Gasteiger charge is 2.29. The first-order valence-electron chi connectivity index (χ1n) is 5.73. The molecule has 1 fully saturated rings. The largest absolute Gasteiger partial charge is 0.502 e. The van der Waals surface area contributed by atoms with Crippen molar-refractivity contribution >= 4 is 18.0 Å². The summed E-state index contributed by atoms with van der Waals surface area (Å²) in [5, 5.41) is 12.0. The molecule has 106 valence electrons.